The Hall–Kier alpha value is -1.57. The highest BCUT2D eigenvalue weighted by molar-refractivity contribution is 5.85. The molecule has 1 aliphatic carbocycles. The fourth-order valence-corrected chi connectivity index (χ4v) is 3.32. The van der Waals surface area contributed by atoms with Crippen molar-refractivity contribution >= 4 is 18.0 Å². The number of nitrogens with zero attached hydrogens (tertiary/aromatic N) is 1. The van der Waals surface area contributed by atoms with Gasteiger partial charge in [-0.3, -0.25) is 0 Å². The van der Waals surface area contributed by atoms with E-state index in [9.17, 15) is 0 Å². The molecule has 0 saturated carbocycles. The summed E-state index contributed by atoms with van der Waals surface area (Å²) in [7, 11) is 4.32. The van der Waals surface area contributed by atoms with Gasteiger partial charge in [-0.15, -0.1) is 12.4 Å². The lowest BCUT2D eigenvalue weighted by Gasteiger charge is -2.13. The number of fused-ring (bicyclic) bond motifs is 1. The number of aryl methyl sites for hydroxylation is 1. The van der Waals surface area contributed by atoms with Crippen LogP contribution >= 0.6 is 12.4 Å². The van der Waals surface area contributed by atoms with Gasteiger partial charge in [0.25, 0.3) is 0 Å². The Morgan fingerprint density at radius 3 is 2.26 bits per heavy atom. The van der Waals surface area contributed by atoms with E-state index in [-0.39, 0.29) is 12.4 Å². The first-order chi connectivity index (χ1) is 10.7. The van der Waals surface area contributed by atoms with Crippen LogP contribution in [0, 0.1) is 0 Å². The number of rotatable bonds is 6. The summed E-state index contributed by atoms with van der Waals surface area (Å²) < 4.78 is 0. The van der Waals surface area contributed by atoms with Crippen LogP contribution in [0.4, 0.5) is 0 Å². The summed E-state index contributed by atoms with van der Waals surface area (Å²) in [6.45, 7) is 1.12. The van der Waals surface area contributed by atoms with Gasteiger partial charge >= 0.3 is 0 Å². The monoisotopic (exact) mass is 327 g/mol. The first-order valence-electron chi connectivity index (χ1n) is 8.22. The fraction of sp³-hybridized carbons (Fsp3) is 0.333. The van der Waals surface area contributed by atoms with E-state index in [1.54, 1.807) is 11.1 Å². The first kappa shape index (κ1) is 17.8. The van der Waals surface area contributed by atoms with Crippen LogP contribution in [0.2, 0.25) is 0 Å². The van der Waals surface area contributed by atoms with Crippen molar-refractivity contribution in [2.45, 2.75) is 25.7 Å². The minimum Gasteiger partial charge on any atom is -0.309 e. The van der Waals surface area contributed by atoms with Gasteiger partial charge in [-0.25, -0.2) is 0 Å². The molecule has 2 aromatic rings. The van der Waals surface area contributed by atoms with Crippen LogP contribution in [0.5, 0.6) is 0 Å². The van der Waals surface area contributed by atoms with Gasteiger partial charge in [0.2, 0.25) is 0 Å². The van der Waals surface area contributed by atoms with Crippen LogP contribution in [-0.2, 0) is 12.8 Å². The summed E-state index contributed by atoms with van der Waals surface area (Å²) in [5.41, 5.74) is 7.69. The number of benzene rings is 2. The van der Waals surface area contributed by atoms with Crippen LogP contribution in [0.25, 0.3) is 5.57 Å². The molecule has 0 heterocycles. The van der Waals surface area contributed by atoms with E-state index < -0.39 is 0 Å². The molecule has 2 heteroatoms. The van der Waals surface area contributed by atoms with Gasteiger partial charge in [0.1, 0.15) is 0 Å². The van der Waals surface area contributed by atoms with Gasteiger partial charge < -0.3 is 4.90 Å². The van der Waals surface area contributed by atoms with Crippen LogP contribution in [0.3, 0.4) is 0 Å². The number of hydrogen-bond acceptors (Lipinski definition) is 1. The van der Waals surface area contributed by atoms with E-state index >= 15 is 0 Å². The van der Waals surface area contributed by atoms with Gasteiger partial charge in [0, 0.05) is 6.54 Å². The second kappa shape index (κ2) is 8.33. The van der Waals surface area contributed by atoms with Gasteiger partial charge in [-0.1, -0.05) is 60.2 Å². The largest absolute Gasteiger partial charge is 0.309 e. The molecule has 0 fully saturated rings. The molecule has 0 amide bonds. The zero-order chi connectivity index (χ0) is 15.4. The predicted octanol–water partition coefficient (Wildman–Crippen LogP) is 5.00. The molecule has 0 saturated heterocycles. The third-order valence-corrected chi connectivity index (χ3v) is 4.54. The normalized spacial score (nSPS) is 13.2. The van der Waals surface area contributed by atoms with E-state index in [1.165, 1.54) is 23.1 Å². The predicted molar refractivity (Wildman–Crippen MR) is 102 cm³/mol. The molecule has 0 aromatic heterocycles. The van der Waals surface area contributed by atoms with E-state index in [2.05, 4.69) is 73.6 Å². The zero-order valence-corrected chi connectivity index (χ0v) is 14.9. The molecule has 23 heavy (non-hydrogen) atoms. The van der Waals surface area contributed by atoms with Crippen molar-refractivity contribution in [2.24, 2.45) is 0 Å². The molecule has 0 N–H and O–H groups in total. The van der Waals surface area contributed by atoms with Crippen molar-refractivity contribution in [1.82, 2.24) is 4.90 Å². The Labute approximate surface area is 146 Å². The SMILES string of the molecule is CN(C)CCC1=C(CCc2ccccc2)Cc2ccccc21.Cl. The lowest BCUT2D eigenvalue weighted by Crippen LogP contribution is -2.13. The third kappa shape index (κ3) is 4.46. The van der Waals surface area contributed by atoms with Crippen LogP contribution in [0.1, 0.15) is 29.5 Å². The number of hydrogen-bond donors (Lipinski definition) is 0. The molecular formula is C21H26ClN. The molecular weight excluding hydrogens is 302 g/mol. The van der Waals surface area contributed by atoms with Crippen molar-refractivity contribution < 1.29 is 0 Å². The average molecular weight is 328 g/mol. The smallest absolute Gasteiger partial charge is 0.00159 e. The summed E-state index contributed by atoms with van der Waals surface area (Å²) in [4.78, 5) is 2.28. The van der Waals surface area contributed by atoms with Gasteiger partial charge in [-0.05, 0) is 62.0 Å². The fourth-order valence-electron chi connectivity index (χ4n) is 3.32. The van der Waals surface area contributed by atoms with Crippen LogP contribution < -0.4 is 0 Å². The summed E-state index contributed by atoms with van der Waals surface area (Å²) in [5.74, 6) is 0. The lowest BCUT2D eigenvalue weighted by molar-refractivity contribution is 0.419. The maximum Gasteiger partial charge on any atom is 0.00159 e. The second-order valence-corrected chi connectivity index (χ2v) is 6.45. The Kier molecular flexibility index (Phi) is 6.44. The average Bonchev–Trinajstić information content (AvgIpc) is 2.89. The molecule has 2 aromatic carbocycles. The number of halogens is 1. The van der Waals surface area contributed by atoms with E-state index in [0.717, 1.165) is 25.8 Å². The minimum atomic E-state index is 0. The van der Waals surface area contributed by atoms with Crippen molar-refractivity contribution in [3.8, 4) is 0 Å². The summed E-state index contributed by atoms with van der Waals surface area (Å²) >= 11 is 0. The third-order valence-electron chi connectivity index (χ3n) is 4.54. The zero-order valence-electron chi connectivity index (χ0n) is 14.1. The summed E-state index contributed by atoms with van der Waals surface area (Å²) in [6.07, 6.45) is 4.64. The Morgan fingerprint density at radius 2 is 1.52 bits per heavy atom. The highest BCUT2D eigenvalue weighted by atomic mass is 35.5. The van der Waals surface area contributed by atoms with Crippen LogP contribution in [0.15, 0.2) is 60.2 Å². The molecule has 0 bridgehead atoms. The Balaban J connectivity index is 0.00000192. The standard InChI is InChI=1S/C21H25N.ClH/c1-22(2)15-14-21-19(13-12-17-8-4-3-5-9-17)16-18-10-6-7-11-20(18)21;/h3-11H,12-16H2,1-2H3;1H. The first-order valence-corrected chi connectivity index (χ1v) is 8.22. The summed E-state index contributed by atoms with van der Waals surface area (Å²) in [5, 5.41) is 0. The lowest BCUT2D eigenvalue weighted by atomic mass is 9.98. The highest BCUT2D eigenvalue weighted by Crippen LogP contribution is 2.37. The van der Waals surface area contributed by atoms with E-state index in [0.29, 0.717) is 0 Å². The molecule has 0 atom stereocenters. The maximum absolute atomic E-state index is 2.30. The molecule has 122 valence electrons. The quantitative estimate of drug-likeness (QED) is 0.721. The molecule has 0 spiro atoms. The minimum absolute atomic E-state index is 0. The van der Waals surface area contributed by atoms with Gasteiger partial charge in [0.15, 0.2) is 0 Å². The van der Waals surface area contributed by atoms with E-state index in [1.807, 2.05) is 0 Å². The molecule has 1 nitrogen and oxygen atoms in total. The highest BCUT2D eigenvalue weighted by Gasteiger charge is 2.20. The maximum atomic E-state index is 2.30. The second-order valence-electron chi connectivity index (χ2n) is 6.45. The van der Waals surface area contributed by atoms with Gasteiger partial charge in [-0.2, -0.15) is 0 Å². The number of allylic oxidation sites excluding steroid dienone is 1. The van der Waals surface area contributed by atoms with Crippen LogP contribution in [-0.4, -0.2) is 25.5 Å². The van der Waals surface area contributed by atoms with Crippen molar-refractivity contribution in [2.75, 3.05) is 20.6 Å². The van der Waals surface area contributed by atoms with E-state index in [4.69, 9.17) is 0 Å². The van der Waals surface area contributed by atoms with Crippen molar-refractivity contribution in [3.05, 3.63) is 76.9 Å². The molecule has 3 rings (SSSR count). The van der Waals surface area contributed by atoms with Gasteiger partial charge in [0.05, 0.1) is 0 Å². The Morgan fingerprint density at radius 1 is 0.826 bits per heavy atom. The summed E-state index contributed by atoms with van der Waals surface area (Å²) in [6, 6.07) is 19.8. The topological polar surface area (TPSA) is 3.24 Å². The van der Waals surface area contributed by atoms with Crippen molar-refractivity contribution in [3.63, 3.8) is 0 Å². The molecule has 0 radical (unpaired) electrons. The molecule has 0 aliphatic heterocycles. The van der Waals surface area contributed by atoms with Crippen molar-refractivity contribution in [1.29, 1.82) is 0 Å². The Bertz CT molecular complexity index is 659. The molecule has 0 unspecified atom stereocenters. The molecule has 1 aliphatic rings.